The van der Waals surface area contributed by atoms with E-state index >= 15 is 0 Å². The normalized spacial score (nSPS) is 11.2. The maximum Gasteiger partial charge on any atom is 0.265 e. The third-order valence-electron chi connectivity index (χ3n) is 2.89. The van der Waals surface area contributed by atoms with E-state index in [1.54, 1.807) is 11.4 Å². The van der Waals surface area contributed by atoms with Crippen LogP contribution < -0.4 is 13.8 Å². The Morgan fingerprint density at radius 3 is 2.38 bits per heavy atom. The van der Waals surface area contributed by atoms with Gasteiger partial charge in [-0.05, 0) is 19.1 Å². The van der Waals surface area contributed by atoms with Gasteiger partial charge in [-0.1, -0.05) is 0 Å². The second-order valence-electron chi connectivity index (χ2n) is 4.26. The molecule has 0 fully saturated rings. The maximum absolute atomic E-state index is 12.6. The van der Waals surface area contributed by atoms with Crippen molar-refractivity contribution in [3.05, 3.63) is 29.3 Å². The van der Waals surface area contributed by atoms with E-state index in [1.807, 2.05) is 6.92 Å². The first-order valence-corrected chi connectivity index (χ1v) is 8.35. The fraction of sp³-hybridized carbons (Fsp3) is 0.308. The van der Waals surface area contributed by atoms with Crippen LogP contribution in [-0.2, 0) is 10.0 Å². The molecule has 0 saturated carbocycles. The number of aromatic nitrogens is 1. The smallest absolute Gasteiger partial charge is 0.265 e. The summed E-state index contributed by atoms with van der Waals surface area (Å²) in [6.07, 6.45) is 0. The molecule has 0 amide bonds. The highest BCUT2D eigenvalue weighted by molar-refractivity contribution is 7.93. The van der Waals surface area contributed by atoms with Crippen LogP contribution in [0.4, 0.5) is 5.13 Å². The predicted molar refractivity (Wildman–Crippen MR) is 82.0 cm³/mol. The molecule has 6 nitrogen and oxygen atoms in total. The molecular formula is C13H16N2O4S2. The van der Waals surface area contributed by atoms with Crippen molar-refractivity contribution in [2.24, 2.45) is 0 Å². The second-order valence-corrected chi connectivity index (χ2v) is 7.07. The third-order valence-corrected chi connectivity index (χ3v) is 5.78. The predicted octanol–water partition coefficient (Wildman–Crippen LogP) is 2.29. The number of thiazole rings is 1. The van der Waals surface area contributed by atoms with Crippen molar-refractivity contribution in [2.75, 3.05) is 25.6 Å². The number of nitrogens with zero attached hydrogens (tertiary/aromatic N) is 2. The van der Waals surface area contributed by atoms with Crippen LogP contribution in [-0.4, -0.2) is 34.7 Å². The molecule has 0 unspecified atom stereocenters. The zero-order valence-corrected chi connectivity index (χ0v) is 13.8. The van der Waals surface area contributed by atoms with E-state index in [0.29, 0.717) is 16.6 Å². The average molecular weight is 328 g/mol. The fourth-order valence-corrected chi connectivity index (χ4v) is 3.88. The van der Waals surface area contributed by atoms with Gasteiger partial charge in [0, 0.05) is 18.5 Å². The lowest BCUT2D eigenvalue weighted by atomic mass is 10.3. The summed E-state index contributed by atoms with van der Waals surface area (Å²) in [5.41, 5.74) is 0.782. The number of rotatable bonds is 5. The lowest BCUT2D eigenvalue weighted by Crippen LogP contribution is -2.26. The van der Waals surface area contributed by atoms with Crippen LogP contribution in [0.2, 0.25) is 0 Å². The van der Waals surface area contributed by atoms with Crippen molar-refractivity contribution in [2.45, 2.75) is 11.8 Å². The third kappa shape index (κ3) is 2.96. The Morgan fingerprint density at radius 1 is 1.19 bits per heavy atom. The minimum atomic E-state index is -3.69. The standard InChI is InChI=1S/C13H16N2O4S2/c1-9-8-20-13(14-9)15(2)21(16,17)10-5-6-11(18-3)12(7-10)19-4/h5-8H,1-4H3. The molecule has 0 aliphatic rings. The lowest BCUT2D eigenvalue weighted by Gasteiger charge is -2.17. The Balaban J connectivity index is 2.44. The number of ether oxygens (including phenoxy) is 2. The average Bonchev–Trinajstić information content (AvgIpc) is 2.91. The van der Waals surface area contributed by atoms with Gasteiger partial charge in [0.25, 0.3) is 10.0 Å². The van der Waals surface area contributed by atoms with Crippen LogP contribution in [0.15, 0.2) is 28.5 Å². The molecule has 8 heteroatoms. The molecule has 0 radical (unpaired) electrons. The van der Waals surface area contributed by atoms with Crippen LogP contribution in [0.3, 0.4) is 0 Å². The number of hydrogen-bond acceptors (Lipinski definition) is 6. The van der Waals surface area contributed by atoms with E-state index in [4.69, 9.17) is 9.47 Å². The van der Waals surface area contributed by atoms with Crippen LogP contribution in [0.5, 0.6) is 11.5 Å². The topological polar surface area (TPSA) is 68.7 Å². The number of methoxy groups -OCH3 is 2. The van der Waals surface area contributed by atoms with E-state index in [1.165, 1.54) is 44.7 Å². The summed E-state index contributed by atoms with van der Waals surface area (Å²) in [7, 11) is 0.743. The molecule has 0 saturated heterocycles. The number of anilines is 1. The fourth-order valence-electron chi connectivity index (χ4n) is 1.72. The van der Waals surface area contributed by atoms with Gasteiger partial charge < -0.3 is 9.47 Å². The minimum Gasteiger partial charge on any atom is -0.493 e. The first kappa shape index (κ1) is 15.6. The van der Waals surface area contributed by atoms with Crippen molar-refractivity contribution < 1.29 is 17.9 Å². The molecule has 21 heavy (non-hydrogen) atoms. The first-order chi connectivity index (χ1) is 9.90. The summed E-state index contributed by atoms with van der Waals surface area (Å²) < 4.78 is 36.6. The van der Waals surface area contributed by atoms with Gasteiger partial charge in [-0.25, -0.2) is 17.7 Å². The molecule has 2 rings (SSSR count). The number of benzene rings is 1. The maximum atomic E-state index is 12.6. The highest BCUT2D eigenvalue weighted by Gasteiger charge is 2.24. The summed E-state index contributed by atoms with van der Waals surface area (Å²) in [5.74, 6) is 0.839. The molecule has 0 spiro atoms. The van der Waals surface area contributed by atoms with Gasteiger partial charge >= 0.3 is 0 Å². The molecule has 114 valence electrons. The first-order valence-electron chi connectivity index (χ1n) is 6.03. The Hall–Kier alpha value is -1.80. The highest BCUT2D eigenvalue weighted by atomic mass is 32.2. The lowest BCUT2D eigenvalue weighted by molar-refractivity contribution is 0.354. The van der Waals surface area contributed by atoms with E-state index < -0.39 is 10.0 Å². The molecule has 0 N–H and O–H groups in total. The molecule has 0 atom stereocenters. The Kier molecular flexibility index (Phi) is 4.38. The van der Waals surface area contributed by atoms with Gasteiger partial charge in [-0.3, -0.25) is 0 Å². The number of aryl methyl sites for hydroxylation is 1. The summed E-state index contributed by atoms with van der Waals surface area (Å²) in [6.45, 7) is 1.82. The van der Waals surface area contributed by atoms with Crippen LogP contribution in [0, 0.1) is 6.92 Å². The zero-order valence-electron chi connectivity index (χ0n) is 12.2. The van der Waals surface area contributed by atoms with Crippen molar-refractivity contribution in [3.63, 3.8) is 0 Å². The quantitative estimate of drug-likeness (QED) is 0.842. The summed E-state index contributed by atoms with van der Waals surface area (Å²) in [4.78, 5) is 4.31. The van der Waals surface area contributed by atoms with Crippen LogP contribution in [0.25, 0.3) is 0 Å². The molecule has 1 aromatic heterocycles. The second kappa shape index (κ2) is 5.90. The molecule has 0 aliphatic carbocycles. The van der Waals surface area contributed by atoms with Gasteiger partial charge in [-0.2, -0.15) is 0 Å². The monoisotopic (exact) mass is 328 g/mol. The van der Waals surface area contributed by atoms with Crippen molar-refractivity contribution >= 4 is 26.5 Å². The Labute approximate surface area is 128 Å². The molecule has 0 bridgehead atoms. The molecule has 0 aliphatic heterocycles. The van der Waals surface area contributed by atoms with Crippen molar-refractivity contribution in [1.82, 2.24) is 4.98 Å². The van der Waals surface area contributed by atoms with Gasteiger partial charge in [0.1, 0.15) is 0 Å². The summed E-state index contributed by atoms with van der Waals surface area (Å²) in [6, 6.07) is 4.48. The van der Waals surface area contributed by atoms with Crippen LogP contribution >= 0.6 is 11.3 Å². The summed E-state index contributed by atoms with van der Waals surface area (Å²) in [5, 5.41) is 2.22. The van der Waals surface area contributed by atoms with E-state index in [-0.39, 0.29) is 4.90 Å². The molecule has 1 heterocycles. The van der Waals surface area contributed by atoms with E-state index in [2.05, 4.69) is 4.98 Å². The summed E-state index contributed by atoms with van der Waals surface area (Å²) >= 11 is 1.28. The van der Waals surface area contributed by atoms with Gasteiger partial charge in [0.2, 0.25) is 0 Å². The molecule has 2 aromatic rings. The van der Waals surface area contributed by atoms with Crippen LogP contribution in [0.1, 0.15) is 5.69 Å². The van der Waals surface area contributed by atoms with Crippen molar-refractivity contribution in [3.8, 4) is 11.5 Å². The Bertz CT molecular complexity index is 740. The largest absolute Gasteiger partial charge is 0.493 e. The van der Waals surface area contributed by atoms with Gasteiger partial charge in [0.15, 0.2) is 16.6 Å². The van der Waals surface area contributed by atoms with E-state index in [9.17, 15) is 8.42 Å². The van der Waals surface area contributed by atoms with Crippen molar-refractivity contribution in [1.29, 1.82) is 0 Å². The zero-order chi connectivity index (χ0) is 15.6. The van der Waals surface area contributed by atoms with Gasteiger partial charge in [0.05, 0.1) is 24.8 Å². The Morgan fingerprint density at radius 2 is 1.86 bits per heavy atom. The number of hydrogen-bond donors (Lipinski definition) is 0. The SMILES string of the molecule is COc1ccc(S(=O)(=O)N(C)c2nc(C)cs2)cc1OC. The minimum absolute atomic E-state index is 0.121. The van der Waals surface area contributed by atoms with E-state index in [0.717, 1.165) is 10.00 Å². The number of sulfonamides is 1. The molecule has 1 aromatic carbocycles. The highest BCUT2D eigenvalue weighted by Crippen LogP contribution is 2.32. The molecular weight excluding hydrogens is 312 g/mol. The van der Waals surface area contributed by atoms with Gasteiger partial charge in [-0.15, -0.1) is 11.3 Å².